The van der Waals surface area contributed by atoms with E-state index in [1.54, 1.807) is 13.3 Å². The molecule has 8 nitrogen and oxygen atoms in total. The molecule has 2 aromatic heterocycles. The van der Waals surface area contributed by atoms with Crippen LogP contribution in [0.2, 0.25) is 0 Å². The summed E-state index contributed by atoms with van der Waals surface area (Å²) in [6.45, 7) is 4.36. The Hall–Kier alpha value is -1.71. The molecule has 0 aromatic carbocycles. The predicted molar refractivity (Wildman–Crippen MR) is 120 cm³/mol. The molecule has 1 N–H and O–H groups in total. The highest BCUT2D eigenvalue weighted by atomic mass is 32.2. The SMILES string of the molecule is CCCc1cc(CN(C)Cc2cnc(S(=O)(=O)CC3CCCCC3)n2CCOC)[nH]n1. The molecule has 3 rings (SSSR count). The van der Waals surface area contributed by atoms with Gasteiger partial charge in [-0.2, -0.15) is 5.10 Å². The van der Waals surface area contributed by atoms with Crippen molar-refractivity contribution in [3.05, 3.63) is 29.3 Å². The van der Waals surface area contributed by atoms with Crippen molar-refractivity contribution in [1.29, 1.82) is 0 Å². The minimum Gasteiger partial charge on any atom is -0.383 e. The van der Waals surface area contributed by atoms with Crippen LogP contribution in [0, 0.1) is 5.92 Å². The summed E-state index contributed by atoms with van der Waals surface area (Å²) in [7, 11) is 0.212. The van der Waals surface area contributed by atoms with Crippen molar-refractivity contribution in [2.45, 2.75) is 76.7 Å². The average Bonchev–Trinajstić information content (AvgIpc) is 3.34. The largest absolute Gasteiger partial charge is 0.383 e. The molecule has 2 heterocycles. The number of aryl methyl sites for hydroxylation is 1. The molecule has 1 aliphatic rings. The lowest BCUT2D eigenvalue weighted by atomic mass is 9.91. The Kier molecular flexibility index (Phi) is 8.68. The van der Waals surface area contributed by atoms with E-state index >= 15 is 0 Å². The Morgan fingerprint density at radius 1 is 1.26 bits per heavy atom. The number of imidazole rings is 1. The quantitative estimate of drug-likeness (QED) is 0.533. The number of rotatable bonds is 12. The van der Waals surface area contributed by atoms with E-state index in [0.717, 1.165) is 55.6 Å². The monoisotopic (exact) mass is 451 g/mol. The van der Waals surface area contributed by atoms with Gasteiger partial charge >= 0.3 is 0 Å². The molecule has 0 bridgehead atoms. The third kappa shape index (κ3) is 6.63. The average molecular weight is 452 g/mol. The lowest BCUT2D eigenvalue weighted by molar-refractivity contribution is 0.181. The summed E-state index contributed by atoms with van der Waals surface area (Å²) < 4.78 is 33.4. The molecule has 0 aliphatic heterocycles. The zero-order chi connectivity index (χ0) is 22.3. The van der Waals surface area contributed by atoms with Crippen LogP contribution in [0.15, 0.2) is 17.4 Å². The number of aromatic amines is 1. The molecule has 2 aromatic rings. The van der Waals surface area contributed by atoms with Crippen LogP contribution in [-0.2, 0) is 40.6 Å². The molecule has 0 atom stereocenters. The van der Waals surface area contributed by atoms with E-state index in [0.29, 0.717) is 26.2 Å². The van der Waals surface area contributed by atoms with E-state index in [1.165, 1.54) is 6.42 Å². The third-order valence-corrected chi connectivity index (χ3v) is 7.73. The lowest BCUT2D eigenvalue weighted by Gasteiger charge is -2.22. The van der Waals surface area contributed by atoms with Crippen molar-refractivity contribution < 1.29 is 13.2 Å². The number of hydrogen-bond acceptors (Lipinski definition) is 6. The van der Waals surface area contributed by atoms with Crippen LogP contribution in [0.5, 0.6) is 0 Å². The van der Waals surface area contributed by atoms with Gasteiger partial charge in [0.25, 0.3) is 0 Å². The Morgan fingerprint density at radius 3 is 2.74 bits per heavy atom. The molecule has 0 amide bonds. The zero-order valence-electron chi connectivity index (χ0n) is 19.1. The van der Waals surface area contributed by atoms with E-state index in [-0.39, 0.29) is 16.8 Å². The fourth-order valence-corrected chi connectivity index (χ4v) is 6.29. The molecule has 0 spiro atoms. The lowest BCUT2D eigenvalue weighted by Crippen LogP contribution is -2.25. The van der Waals surface area contributed by atoms with Crippen LogP contribution >= 0.6 is 0 Å². The summed E-state index contributed by atoms with van der Waals surface area (Å²) in [5.74, 6) is 0.441. The van der Waals surface area contributed by atoms with Gasteiger partial charge in [0.2, 0.25) is 15.0 Å². The number of sulfone groups is 1. The second-order valence-electron chi connectivity index (χ2n) is 8.77. The normalized spacial score (nSPS) is 15.7. The highest BCUT2D eigenvalue weighted by Crippen LogP contribution is 2.27. The number of nitrogens with one attached hydrogen (secondary N) is 1. The topological polar surface area (TPSA) is 93.1 Å². The van der Waals surface area contributed by atoms with Gasteiger partial charge in [0.15, 0.2) is 0 Å². The number of ether oxygens (including phenoxy) is 1. The summed E-state index contributed by atoms with van der Waals surface area (Å²) in [5, 5.41) is 7.64. The highest BCUT2D eigenvalue weighted by Gasteiger charge is 2.28. The zero-order valence-corrected chi connectivity index (χ0v) is 20.0. The second kappa shape index (κ2) is 11.2. The van der Waals surface area contributed by atoms with Gasteiger partial charge < -0.3 is 9.30 Å². The minimum atomic E-state index is -3.44. The fourth-order valence-electron chi connectivity index (χ4n) is 4.42. The summed E-state index contributed by atoms with van der Waals surface area (Å²) in [5.41, 5.74) is 3.02. The van der Waals surface area contributed by atoms with Crippen molar-refractivity contribution in [3.63, 3.8) is 0 Å². The van der Waals surface area contributed by atoms with Gasteiger partial charge in [-0.25, -0.2) is 13.4 Å². The molecule has 1 saturated carbocycles. The van der Waals surface area contributed by atoms with Gasteiger partial charge in [0.05, 0.1) is 29.9 Å². The van der Waals surface area contributed by atoms with Crippen molar-refractivity contribution in [2.24, 2.45) is 5.92 Å². The molecule has 0 saturated heterocycles. The maximum absolute atomic E-state index is 13.2. The van der Waals surface area contributed by atoms with Crippen molar-refractivity contribution >= 4 is 9.84 Å². The first-order valence-electron chi connectivity index (χ1n) is 11.4. The maximum atomic E-state index is 13.2. The summed E-state index contributed by atoms with van der Waals surface area (Å²) in [6.07, 6.45) is 9.20. The van der Waals surface area contributed by atoms with Crippen molar-refractivity contribution in [3.8, 4) is 0 Å². The Balaban J connectivity index is 1.72. The summed E-state index contributed by atoms with van der Waals surface area (Å²) >= 11 is 0. The van der Waals surface area contributed by atoms with Gasteiger partial charge in [-0.1, -0.05) is 32.6 Å². The van der Waals surface area contributed by atoms with E-state index < -0.39 is 9.84 Å². The minimum absolute atomic E-state index is 0.185. The molecule has 1 fully saturated rings. The predicted octanol–water partition coefficient (Wildman–Crippen LogP) is 3.19. The second-order valence-corrected chi connectivity index (χ2v) is 10.7. The van der Waals surface area contributed by atoms with E-state index in [4.69, 9.17) is 4.74 Å². The molecular formula is C22H37N5O3S. The van der Waals surface area contributed by atoms with E-state index in [2.05, 4.69) is 33.1 Å². The van der Waals surface area contributed by atoms with Crippen LogP contribution < -0.4 is 0 Å². The molecular weight excluding hydrogens is 414 g/mol. The van der Waals surface area contributed by atoms with E-state index in [1.807, 2.05) is 11.6 Å². The Labute approximate surface area is 186 Å². The Bertz CT molecular complexity index is 915. The molecule has 0 radical (unpaired) electrons. The van der Waals surface area contributed by atoms with Gasteiger partial charge in [-0.15, -0.1) is 0 Å². The number of nitrogens with zero attached hydrogens (tertiary/aromatic N) is 4. The van der Waals surface area contributed by atoms with Gasteiger partial charge in [0, 0.05) is 32.4 Å². The van der Waals surface area contributed by atoms with Crippen molar-refractivity contribution in [2.75, 3.05) is 26.5 Å². The van der Waals surface area contributed by atoms with Gasteiger partial charge in [-0.05, 0) is 38.3 Å². The smallest absolute Gasteiger partial charge is 0.227 e. The highest BCUT2D eigenvalue weighted by molar-refractivity contribution is 7.91. The van der Waals surface area contributed by atoms with Gasteiger partial charge in [0.1, 0.15) is 0 Å². The standard InChI is InChI=1S/C22H37N5O3S/c1-4-8-19-13-20(25-24-19)15-26(2)16-21-14-23-22(27(21)11-12-30-3)31(28,29)17-18-9-6-5-7-10-18/h13-14,18H,4-12,15-17H2,1-3H3,(H,24,25). The molecule has 0 unspecified atom stereocenters. The van der Waals surface area contributed by atoms with Crippen LogP contribution in [-0.4, -0.2) is 59.6 Å². The third-order valence-electron chi connectivity index (χ3n) is 5.94. The first kappa shape index (κ1) is 23.9. The number of hydrogen-bond donors (Lipinski definition) is 1. The molecule has 174 valence electrons. The van der Waals surface area contributed by atoms with Crippen molar-refractivity contribution in [1.82, 2.24) is 24.6 Å². The van der Waals surface area contributed by atoms with Crippen LogP contribution in [0.25, 0.3) is 0 Å². The Morgan fingerprint density at radius 2 is 2.03 bits per heavy atom. The van der Waals surface area contributed by atoms with Crippen LogP contribution in [0.1, 0.15) is 62.5 Å². The number of methoxy groups -OCH3 is 1. The molecule has 9 heteroatoms. The first-order valence-corrected chi connectivity index (χ1v) is 13.1. The maximum Gasteiger partial charge on any atom is 0.227 e. The van der Waals surface area contributed by atoms with Crippen LogP contribution in [0.3, 0.4) is 0 Å². The summed E-state index contributed by atoms with van der Waals surface area (Å²) in [6, 6.07) is 2.10. The number of aromatic nitrogens is 4. The molecule has 1 aliphatic carbocycles. The first-order chi connectivity index (χ1) is 14.9. The summed E-state index contributed by atoms with van der Waals surface area (Å²) in [4.78, 5) is 6.51. The van der Waals surface area contributed by atoms with E-state index in [9.17, 15) is 8.42 Å². The van der Waals surface area contributed by atoms with Gasteiger partial charge in [-0.3, -0.25) is 10.00 Å². The number of H-pyrrole nitrogens is 1. The fraction of sp³-hybridized carbons (Fsp3) is 0.727. The van der Waals surface area contributed by atoms with Crippen LogP contribution in [0.4, 0.5) is 0 Å². The molecule has 31 heavy (non-hydrogen) atoms.